The van der Waals surface area contributed by atoms with Crippen LogP contribution in [-0.2, 0) is 9.53 Å². The summed E-state index contributed by atoms with van der Waals surface area (Å²) in [5.41, 5.74) is -0.898. The molecule has 2 heterocycles. The Morgan fingerprint density at radius 3 is 2.58 bits per heavy atom. The van der Waals surface area contributed by atoms with Crippen LogP contribution in [0.15, 0.2) is 0 Å². The molecule has 2 aliphatic heterocycles. The third-order valence-electron chi connectivity index (χ3n) is 4.21. The summed E-state index contributed by atoms with van der Waals surface area (Å²) >= 11 is 0. The van der Waals surface area contributed by atoms with E-state index in [4.69, 9.17) is 4.74 Å². The zero-order valence-electron chi connectivity index (χ0n) is 11.7. The predicted molar refractivity (Wildman–Crippen MR) is 68.9 cm³/mol. The number of urea groups is 1. The molecule has 19 heavy (non-hydrogen) atoms. The van der Waals surface area contributed by atoms with Gasteiger partial charge in [-0.15, -0.1) is 0 Å². The molecule has 2 aliphatic rings. The largest absolute Gasteiger partial charge is 0.481 e. The minimum atomic E-state index is -1.04. The molecule has 2 amide bonds. The predicted octanol–water partition coefficient (Wildman–Crippen LogP) is 0.918. The van der Waals surface area contributed by atoms with Crippen LogP contribution in [0.3, 0.4) is 0 Å². The number of aliphatic carboxylic acids is 1. The van der Waals surface area contributed by atoms with E-state index in [2.05, 4.69) is 19.2 Å². The second kappa shape index (κ2) is 4.67. The van der Waals surface area contributed by atoms with Crippen LogP contribution < -0.4 is 5.32 Å². The molecule has 108 valence electrons. The molecule has 0 aromatic rings. The van der Waals surface area contributed by atoms with Gasteiger partial charge in [0.15, 0.2) is 0 Å². The van der Waals surface area contributed by atoms with Gasteiger partial charge in [-0.3, -0.25) is 4.79 Å². The summed E-state index contributed by atoms with van der Waals surface area (Å²) < 4.78 is 5.22. The maximum atomic E-state index is 12.2. The van der Waals surface area contributed by atoms with Crippen molar-refractivity contribution in [2.75, 3.05) is 26.3 Å². The number of carbonyl (C=O) groups excluding carboxylic acids is 1. The summed E-state index contributed by atoms with van der Waals surface area (Å²) in [6.45, 7) is 7.68. The quantitative estimate of drug-likeness (QED) is 0.782. The minimum Gasteiger partial charge on any atom is -0.481 e. The Morgan fingerprint density at radius 2 is 2.05 bits per heavy atom. The van der Waals surface area contributed by atoms with Crippen LogP contribution in [0, 0.1) is 10.8 Å². The van der Waals surface area contributed by atoms with Crippen molar-refractivity contribution in [3.63, 3.8) is 0 Å². The molecule has 2 N–H and O–H groups in total. The van der Waals surface area contributed by atoms with E-state index in [9.17, 15) is 14.7 Å². The normalized spacial score (nSPS) is 33.4. The lowest BCUT2D eigenvalue weighted by Gasteiger charge is -2.28. The molecule has 0 aliphatic carbocycles. The third kappa shape index (κ3) is 2.68. The van der Waals surface area contributed by atoms with Gasteiger partial charge in [-0.05, 0) is 18.8 Å². The second-order valence-corrected chi connectivity index (χ2v) is 6.58. The van der Waals surface area contributed by atoms with Gasteiger partial charge < -0.3 is 20.1 Å². The van der Waals surface area contributed by atoms with E-state index in [1.807, 2.05) is 0 Å². The standard InChI is InChI=1S/C13H22N2O4/c1-12(2)4-5-15(7-12)11(18)14-9-6-19-8-13(9,3)10(16)17/h9H,4-8H2,1-3H3,(H,14,18)(H,16,17). The van der Waals surface area contributed by atoms with Crippen LogP contribution in [0.25, 0.3) is 0 Å². The van der Waals surface area contributed by atoms with Gasteiger partial charge in [-0.25, -0.2) is 4.79 Å². The Kier molecular flexibility index (Phi) is 3.47. The van der Waals surface area contributed by atoms with Crippen LogP contribution >= 0.6 is 0 Å². The van der Waals surface area contributed by atoms with Gasteiger partial charge in [0.25, 0.3) is 0 Å². The molecule has 2 saturated heterocycles. The number of amides is 2. The molecule has 2 rings (SSSR count). The molecular weight excluding hydrogens is 248 g/mol. The first-order valence-corrected chi connectivity index (χ1v) is 6.61. The summed E-state index contributed by atoms with van der Waals surface area (Å²) in [7, 11) is 0. The van der Waals surface area contributed by atoms with Crippen molar-refractivity contribution in [3.05, 3.63) is 0 Å². The van der Waals surface area contributed by atoms with Crippen LogP contribution in [0.5, 0.6) is 0 Å². The number of hydrogen-bond acceptors (Lipinski definition) is 3. The van der Waals surface area contributed by atoms with E-state index in [-0.39, 0.29) is 24.7 Å². The summed E-state index contributed by atoms with van der Waals surface area (Å²) in [4.78, 5) is 25.2. The van der Waals surface area contributed by atoms with Crippen LogP contribution in [0.1, 0.15) is 27.2 Å². The highest BCUT2D eigenvalue weighted by Crippen LogP contribution is 2.31. The lowest BCUT2D eigenvalue weighted by Crippen LogP contribution is -2.53. The van der Waals surface area contributed by atoms with Gasteiger partial charge in [0.1, 0.15) is 5.41 Å². The van der Waals surface area contributed by atoms with E-state index in [0.717, 1.165) is 13.0 Å². The zero-order chi connectivity index (χ0) is 14.3. The number of likely N-dealkylation sites (tertiary alicyclic amines) is 1. The van der Waals surface area contributed by atoms with Crippen molar-refractivity contribution in [2.45, 2.75) is 33.2 Å². The smallest absolute Gasteiger partial charge is 0.317 e. The van der Waals surface area contributed by atoms with Gasteiger partial charge in [-0.2, -0.15) is 0 Å². The van der Waals surface area contributed by atoms with E-state index >= 15 is 0 Å². The molecule has 6 nitrogen and oxygen atoms in total. The highest BCUT2D eigenvalue weighted by atomic mass is 16.5. The van der Waals surface area contributed by atoms with Gasteiger partial charge >= 0.3 is 12.0 Å². The van der Waals surface area contributed by atoms with Gasteiger partial charge in [0, 0.05) is 13.1 Å². The number of carboxylic acid groups (broad SMARTS) is 1. The van der Waals surface area contributed by atoms with Gasteiger partial charge in [-0.1, -0.05) is 13.8 Å². The summed E-state index contributed by atoms with van der Waals surface area (Å²) in [6, 6.07) is -0.658. The number of carbonyl (C=O) groups is 2. The summed E-state index contributed by atoms with van der Waals surface area (Å²) in [6.07, 6.45) is 0.970. The minimum absolute atomic E-state index is 0.138. The fourth-order valence-corrected chi connectivity index (χ4v) is 2.61. The number of ether oxygens (including phenoxy) is 1. The molecule has 0 radical (unpaired) electrons. The van der Waals surface area contributed by atoms with Gasteiger partial charge in [0.2, 0.25) is 0 Å². The first kappa shape index (κ1) is 14.1. The van der Waals surface area contributed by atoms with Gasteiger partial charge in [0.05, 0.1) is 19.3 Å². The summed E-state index contributed by atoms with van der Waals surface area (Å²) in [5.74, 6) is -0.933. The van der Waals surface area contributed by atoms with E-state index < -0.39 is 17.4 Å². The second-order valence-electron chi connectivity index (χ2n) is 6.58. The molecule has 2 atom stereocenters. The first-order chi connectivity index (χ1) is 8.74. The molecule has 2 unspecified atom stereocenters. The number of rotatable bonds is 2. The van der Waals surface area contributed by atoms with Crippen molar-refractivity contribution in [1.29, 1.82) is 0 Å². The fraction of sp³-hybridized carbons (Fsp3) is 0.846. The fourth-order valence-electron chi connectivity index (χ4n) is 2.61. The molecule has 2 fully saturated rings. The van der Waals surface area contributed by atoms with Crippen molar-refractivity contribution in [2.24, 2.45) is 10.8 Å². The molecule has 0 spiro atoms. The maximum absolute atomic E-state index is 12.2. The Bertz CT molecular complexity index is 396. The van der Waals surface area contributed by atoms with Crippen molar-refractivity contribution in [3.8, 4) is 0 Å². The number of carboxylic acids is 1. The zero-order valence-corrected chi connectivity index (χ0v) is 11.7. The number of nitrogens with one attached hydrogen (secondary N) is 1. The molecule has 0 bridgehead atoms. The Hall–Kier alpha value is -1.30. The molecule has 0 aromatic heterocycles. The molecule has 0 aromatic carbocycles. The number of hydrogen-bond donors (Lipinski definition) is 2. The van der Waals surface area contributed by atoms with E-state index in [1.54, 1.807) is 11.8 Å². The Morgan fingerprint density at radius 1 is 1.37 bits per heavy atom. The Labute approximate surface area is 113 Å². The third-order valence-corrected chi connectivity index (χ3v) is 4.21. The lowest BCUT2D eigenvalue weighted by molar-refractivity contribution is -0.148. The monoisotopic (exact) mass is 270 g/mol. The van der Waals surface area contributed by atoms with E-state index in [0.29, 0.717) is 6.54 Å². The van der Waals surface area contributed by atoms with Crippen molar-refractivity contribution >= 4 is 12.0 Å². The molecular formula is C13H22N2O4. The topological polar surface area (TPSA) is 78.9 Å². The van der Waals surface area contributed by atoms with Crippen LogP contribution in [-0.4, -0.2) is 54.4 Å². The average molecular weight is 270 g/mol. The van der Waals surface area contributed by atoms with E-state index in [1.165, 1.54) is 0 Å². The lowest BCUT2D eigenvalue weighted by atomic mass is 9.85. The van der Waals surface area contributed by atoms with Crippen molar-refractivity contribution in [1.82, 2.24) is 10.2 Å². The average Bonchev–Trinajstić information content (AvgIpc) is 2.84. The van der Waals surface area contributed by atoms with Crippen molar-refractivity contribution < 1.29 is 19.4 Å². The van der Waals surface area contributed by atoms with Crippen LogP contribution in [0.4, 0.5) is 4.79 Å². The Balaban J connectivity index is 1.98. The first-order valence-electron chi connectivity index (χ1n) is 6.61. The summed E-state index contributed by atoms with van der Waals surface area (Å²) in [5, 5.41) is 12.1. The molecule has 0 saturated carbocycles. The number of nitrogens with zero attached hydrogens (tertiary/aromatic N) is 1. The highest BCUT2D eigenvalue weighted by Gasteiger charge is 2.48. The highest BCUT2D eigenvalue weighted by molar-refractivity contribution is 5.79. The maximum Gasteiger partial charge on any atom is 0.317 e. The SMILES string of the molecule is CC1(C)CCN(C(=O)NC2COCC2(C)C(=O)O)C1. The van der Waals surface area contributed by atoms with Crippen LogP contribution in [0.2, 0.25) is 0 Å². The molecule has 6 heteroatoms.